The lowest BCUT2D eigenvalue weighted by Gasteiger charge is -2.47. The van der Waals surface area contributed by atoms with Crippen molar-refractivity contribution < 1.29 is 19.1 Å². The van der Waals surface area contributed by atoms with Crippen LogP contribution in [0.3, 0.4) is 0 Å². The number of piperidine rings is 1. The van der Waals surface area contributed by atoms with E-state index in [0.717, 1.165) is 36.6 Å². The molecule has 1 N–H and O–H groups in total. The first kappa shape index (κ1) is 20.0. The Hall–Kier alpha value is -2.34. The predicted molar refractivity (Wildman–Crippen MR) is 110 cm³/mol. The summed E-state index contributed by atoms with van der Waals surface area (Å²) in [7, 11) is 1.57. The molecule has 2 fully saturated rings. The minimum absolute atomic E-state index is 0.0475. The minimum atomic E-state index is -0.591. The Bertz CT molecular complexity index is 981. The van der Waals surface area contributed by atoms with Gasteiger partial charge in [0.1, 0.15) is 11.3 Å². The molecule has 0 spiro atoms. The van der Waals surface area contributed by atoms with Crippen LogP contribution in [0.25, 0.3) is 11.0 Å². The Morgan fingerprint density at radius 1 is 1.34 bits per heavy atom. The van der Waals surface area contributed by atoms with Crippen LogP contribution in [0.2, 0.25) is 0 Å². The van der Waals surface area contributed by atoms with E-state index in [9.17, 15) is 14.7 Å². The first-order chi connectivity index (χ1) is 13.9. The lowest BCUT2D eigenvalue weighted by Crippen LogP contribution is -2.54. The minimum Gasteiger partial charge on any atom is -0.497 e. The van der Waals surface area contributed by atoms with E-state index in [2.05, 4.69) is 0 Å². The molecule has 1 saturated carbocycles. The van der Waals surface area contributed by atoms with Gasteiger partial charge in [0.25, 0.3) is 0 Å². The SMILES string of the molecule is COc1ccc2c(C)c(CCC(=O)N3CCC4(O)CCCCC4C3)c(=O)oc2c1. The zero-order valence-electron chi connectivity index (χ0n) is 17.2. The van der Waals surface area contributed by atoms with Gasteiger partial charge in [-0.2, -0.15) is 0 Å². The van der Waals surface area contributed by atoms with Crippen LogP contribution in [-0.2, 0) is 11.2 Å². The third kappa shape index (κ3) is 3.78. The maximum atomic E-state index is 12.8. The van der Waals surface area contributed by atoms with E-state index < -0.39 is 11.2 Å². The van der Waals surface area contributed by atoms with Crippen molar-refractivity contribution in [2.24, 2.45) is 5.92 Å². The summed E-state index contributed by atoms with van der Waals surface area (Å²) in [6, 6.07) is 5.42. The summed E-state index contributed by atoms with van der Waals surface area (Å²) in [5.41, 5.74) is 0.923. The molecule has 29 heavy (non-hydrogen) atoms. The average Bonchev–Trinajstić information content (AvgIpc) is 2.72. The van der Waals surface area contributed by atoms with Crippen molar-refractivity contribution in [1.82, 2.24) is 4.90 Å². The Morgan fingerprint density at radius 3 is 2.97 bits per heavy atom. The normalized spacial score (nSPS) is 24.4. The van der Waals surface area contributed by atoms with Gasteiger partial charge in [-0.05, 0) is 50.3 Å². The summed E-state index contributed by atoms with van der Waals surface area (Å²) in [6.07, 6.45) is 5.32. The molecule has 2 heterocycles. The quantitative estimate of drug-likeness (QED) is 0.799. The molecule has 4 rings (SSSR count). The standard InChI is InChI=1S/C23H29NO5/c1-15-18-7-6-17(28-2)13-20(18)29-22(26)19(15)8-9-21(25)24-12-11-23(27)10-4-3-5-16(23)14-24/h6-7,13,16,27H,3-5,8-12,14H2,1-2H3. The van der Waals surface area contributed by atoms with Gasteiger partial charge in [-0.25, -0.2) is 4.79 Å². The molecule has 1 aliphatic heterocycles. The molecule has 156 valence electrons. The number of hydrogen-bond donors (Lipinski definition) is 1. The van der Waals surface area contributed by atoms with Crippen LogP contribution in [0.4, 0.5) is 0 Å². The van der Waals surface area contributed by atoms with Crippen molar-refractivity contribution in [3.8, 4) is 5.75 Å². The van der Waals surface area contributed by atoms with E-state index in [-0.39, 0.29) is 18.2 Å². The zero-order chi connectivity index (χ0) is 20.6. The molecule has 0 bridgehead atoms. The van der Waals surface area contributed by atoms with Crippen molar-refractivity contribution in [3.63, 3.8) is 0 Å². The number of methoxy groups -OCH3 is 1. The van der Waals surface area contributed by atoms with Crippen molar-refractivity contribution in [1.29, 1.82) is 0 Å². The van der Waals surface area contributed by atoms with Crippen molar-refractivity contribution >= 4 is 16.9 Å². The summed E-state index contributed by atoms with van der Waals surface area (Å²) in [5.74, 6) is 0.860. The van der Waals surface area contributed by atoms with Gasteiger partial charge in [-0.1, -0.05) is 12.8 Å². The van der Waals surface area contributed by atoms with Gasteiger partial charge in [0.2, 0.25) is 5.91 Å². The number of fused-ring (bicyclic) bond motifs is 2. The fraction of sp³-hybridized carbons (Fsp3) is 0.565. The van der Waals surface area contributed by atoms with E-state index in [1.54, 1.807) is 13.2 Å². The number of ether oxygens (including phenoxy) is 1. The second-order valence-electron chi connectivity index (χ2n) is 8.49. The Kier molecular flexibility index (Phi) is 5.38. The van der Waals surface area contributed by atoms with Gasteiger partial charge in [0.15, 0.2) is 0 Å². The topological polar surface area (TPSA) is 80.0 Å². The molecular formula is C23H29NO5. The molecule has 2 atom stereocenters. The Morgan fingerprint density at radius 2 is 2.17 bits per heavy atom. The third-order valence-electron chi connectivity index (χ3n) is 6.86. The second kappa shape index (κ2) is 7.82. The number of aryl methyl sites for hydroxylation is 1. The second-order valence-corrected chi connectivity index (χ2v) is 8.49. The number of amides is 1. The molecule has 0 radical (unpaired) electrons. The third-order valence-corrected chi connectivity index (χ3v) is 6.86. The van der Waals surface area contributed by atoms with Gasteiger partial charge in [-0.3, -0.25) is 4.79 Å². The van der Waals surface area contributed by atoms with Gasteiger partial charge < -0.3 is 19.2 Å². The summed E-state index contributed by atoms with van der Waals surface area (Å²) >= 11 is 0. The van der Waals surface area contributed by atoms with Crippen molar-refractivity contribution in [3.05, 3.63) is 39.7 Å². The van der Waals surface area contributed by atoms with Crippen LogP contribution in [0, 0.1) is 12.8 Å². The fourth-order valence-corrected chi connectivity index (χ4v) is 4.98. The molecule has 6 heteroatoms. The summed E-state index contributed by atoms with van der Waals surface area (Å²) in [4.78, 5) is 27.2. The Balaban J connectivity index is 1.47. The van der Waals surface area contributed by atoms with Gasteiger partial charge in [0.05, 0.1) is 12.7 Å². The van der Waals surface area contributed by atoms with Crippen LogP contribution < -0.4 is 10.4 Å². The average molecular weight is 399 g/mol. The van der Waals surface area contributed by atoms with Crippen LogP contribution in [0.1, 0.15) is 49.7 Å². The fourth-order valence-electron chi connectivity index (χ4n) is 4.98. The number of carbonyl (C=O) groups is 1. The molecule has 6 nitrogen and oxygen atoms in total. The maximum Gasteiger partial charge on any atom is 0.339 e. The van der Waals surface area contributed by atoms with Crippen LogP contribution in [-0.4, -0.2) is 41.7 Å². The number of hydrogen-bond acceptors (Lipinski definition) is 5. The molecule has 1 aliphatic carbocycles. The Labute approximate surface area is 170 Å². The molecule has 2 aromatic rings. The highest BCUT2D eigenvalue weighted by Crippen LogP contribution is 2.39. The number of nitrogens with zero attached hydrogens (tertiary/aromatic N) is 1. The van der Waals surface area contributed by atoms with Crippen LogP contribution in [0.15, 0.2) is 27.4 Å². The molecule has 1 aromatic carbocycles. The molecule has 1 aromatic heterocycles. The van der Waals surface area contributed by atoms with Crippen molar-refractivity contribution in [2.75, 3.05) is 20.2 Å². The first-order valence-corrected chi connectivity index (χ1v) is 10.5. The largest absolute Gasteiger partial charge is 0.497 e. The van der Waals surface area contributed by atoms with E-state index in [1.807, 2.05) is 24.0 Å². The van der Waals surface area contributed by atoms with E-state index >= 15 is 0 Å². The maximum absolute atomic E-state index is 12.8. The summed E-state index contributed by atoms with van der Waals surface area (Å²) in [6.45, 7) is 3.12. The van der Waals surface area contributed by atoms with Gasteiger partial charge in [-0.15, -0.1) is 0 Å². The molecule has 1 amide bonds. The van der Waals surface area contributed by atoms with Gasteiger partial charge >= 0.3 is 5.63 Å². The predicted octanol–water partition coefficient (Wildman–Crippen LogP) is 3.20. The van der Waals surface area contributed by atoms with E-state index in [4.69, 9.17) is 9.15 Å². The van der Waals surface area contributed by atoms with Crippen molar-refractivity contribution in [2.45, 2.75) is 57.5 Å². The number of likely N-dealkylation sites (tertiary alicyclic amines) is 1. The zero-order valence-corrected chi connectivity index (χ0v) is 17.2. The molecular weight excluding hydrogens is 370 g/mol. The summed E-state index contributed by atoms with van der Waals surface area (Å²) in [5, 5.41) is 11.7. The smallest absolute Gasteiger partial charge is 0.339 e. The number of carbonyl (C=O) groups excluding carboxylic acids is 1. The van der Waals surface area contributed by atoms with Crippen LogP contribution in [0.5, 0.6) is 5.75 Å². The van der Waals surface area contributed by atoms with Crippen LogP contribution >= 0.6 is 0 Å². The lowest BCUT2D eigenvalue weighted by molar-refractivity contribution is -0.143. The molecule has 2 aliphatic rings. The highest BCUT2D eigenvalue weighted by atomic mass is 16.5. The van der Waals surface area contributed by atoms with E-state index in [1.165, 1.54) is 0 Å². The lowest BCUT2D eigenvalue weighted by atomic mass is 9.71. The van der Waals surface area contributed by atoms with Gasteiger partial charge in [0, 0.05) is 42.4 Å². The first-order valence-electron chi connectivity index (χ1n) is 10.5. The summed E-state index contributed by atoms with van der Waals surface area (Å²) < 4.78 is 10.7. The monoisotopic (exact) mass is 399 g/mol. The highest BCUT2D eigenvalue weighted by molar-refractivity contribution is 5.82. The molecule has 1 saturated heterocycles. The number of aliphatic hydroxyl groups is 1. The number of benzene rings is 1. The number of rotatable bonds is 4. The molecule has 2 unspecified atom stereocenters. The highest BCUT2D eigenvalue weighted by Gasteiger charge is 2.43. The van der Waals surface area contributed by atoms with E-state index in [0.29, 0.717) is 42.8 Å².